The second kappa shape index (κ2) is 9.95. The molecular formula is C37H37NO3. The molecule has 1 aliphatic heterocycles. The van der Waals surface area contributed by atoms with Crippen molar-refractivity contribution >= 4 is 16.7 Å². The molecule has 2 unspecified atom stereocenters. The zero-order chi connectivity index (χ0) is 28.9. The Morgan fingerprint density at radius 3 is 1.76 bits per heavy atom. The summed E-state index contributed by atoms with van der Waals surface area (Å²) >= 11 is 0. The standard InChI is InChI=1S/C37H37NO3/c1-36(2,3)26-20-16-24(17-21-26)32-31-33(29-14-10-11-15-30(29)40-35(31)39)41-34(38(32)28-12-8-7-9-13-28)25-18-22-27(23-19-25)37(4,5)6/h7-23,32,34H,1-6H3. The second-order valence-corrected chi connectivity index (χ2v) is 13.0. The SMILES string of the molecule is CC(C)(C)c1ccc(C2Oc3c(c(=O)oc4ccccc34)C(c3ccc(C(C)(C)C)cc3)N2c2ccccc2)cc1. The highest BCUT2D eigenvalue weighted by atomic mass is 16.5. The Balaban J connectivity index is 1.63. The van der Waals surface area contributed by atoms with Crippen molar-refractivity contribution in [2.75, 3.05) is 4.90 Å². The number of rotatable bonds is 3. The normalized spacial score (nSPS) is 17.3. The fraction of sp³-hybridized carbons (Fsp3) is 0.270. The molecule has 0 saturated carbocycles. The summed E-state index contributed by atoms with van der Waals surface area (Å²) < 4.78 is 12.8. The Kier molecular flexibility index (Phi) is 6.53. The van der Waals surface area contributed by atoms with E-state index in [1.807, 2.05) is 42.5 Å². The van der Waals surface area contributed by atoms with E-state index in [4.69, 9.17) is 9.15 Å². The number of ether oxygens (including phenoxy) is 1. The minimum atomic E-state index is -0.476. The van der Waals surface area contributed by atoms with Gasteiger partial charge in [-0.1, -0.05) is 120 Å². The first kappa shape index (κ1) is 26.9. The van der Waals surface area contributed by atoms with Crippen molar-refractivity contribution in [3.8, 4) is 5.75 Å². The van der Waals surface area contributed by atoms with Crippen LogP contribution in [0.3, 0.4) is 0 Å². The van der Waals surface area contributed by atoms with Gasteiger partial charge < -0.3 is 14.1 Å². The average molecular weight is 544 g/mol. The Hall–Kier alpha value is -4.31. The third-order valence-corrected chi connectivity index (χ3v) is 8.04. The smallest absolute Gasteiger partial charge is 0.345 e. The first-order chi connectivity index (χ1) is 19.5. The van der Waals surface area contributed by atoms with Gasteiger partial charge in [-0.3, -0.25) is 0 Å². The summed E-state index contributed by atoms with van der Waals surface area (Å²) in [5, 5.41) is 0.794. The third-order valence-electron chi connectivity index (χ3n) is 8.04. The molecule has 0 radical (unpaired) electrons. The molecule has 0 N–H and O–H groups in total. The number of hydrogen-bond donors (Lipinski definition) is 0. The van der Waals surface area contributed by atoms with Crippen LogP contribution in [-0.2, 0) is 10.8 Å². The molecule has 4 aromatic carbocycles. The topological polar surface area (TPSA) is 42.7 Å². The molecule has 0 spiro atoms. The van der Waals surface area contributed by atoms with Gasteiger partial charge in [-0.05, 0) is 51.8 Å². The molecule has 0 aliphatic carbocycles. The highest BCUT2D eigenvalue weighted by Gasteiger charge is 2.41. The molecule has 0 bridgehead atoms. The van der Waals surface area contributed by atoms with Crippen molar-refractivity contribution in [1.29, 1.82) is 0 Å². The van der Waals surface area contributed by atoms with Crippen LogP contribution < -0.4 is 15.3 Å². The molecule has 6 rings (SSSR count). The lowest BCUT2D eigenvalue weighted by molar-refractivity contribution is 0.169. The predicted octanol–water partition coefficient (Wildman–Crippen LogP) is 9.08. The van der Waals surface area contributed by atoms with E-state index in [9.17, 15) is 4.79 Å². The number of nitrogens with zero attached hydrogens (tertiary/aromatic N) is 1. The number of hydrogen-bond acceptors (Lipinski definition) is 4. The average Bonchev–Trinajstić information content (AvgIpc) is 2.96. The van der Waals surface area contributed by atoms with Crippen molar-refractivity contribution in [2.45, 2.75) is 64.6 Å². The quantitative estimate of drug-likeness (QED) is 0.213. The summed E-state index contributed by atoms with van der Waals surface area (Å²) in [6, 6.07) is 34.7. The minimum Gasteiger partial charge on any atom is -0.465 e. The van der Waals surface area contributed by atoms with Crippen molar-refractivity contribution in [1.82, 2.24) is 0 Å². The Morgan fingerprint density at radius 1 is 0.634 bits per heavy atom. The summed E-state index contributed by atoms with van der Waals surface area (Å²) in [7, 11) is 0. The molecule has 1 aromatic heterocycles. The number of benzene rings is 4. The van der Waals surface area contributed by atoms with E-state index in [0.717, 1.165) is 22.2 Å². The van der Waals surface area contributed by atoms with Crippen LogP contribution in [-0.4, -0.2) is 0 Å². The highest BCUT2D eigenvalue weighted by Crippen LogP contribution is 2.49. The lowest BCUT2D eigenvalue weighted by Crippen LogP contribution is -2.43. The zero-order valence-corrected chi connectivity index (χ0v) is 24.6. The molecule has 2 heterocycles. The van der Waals surface area contributed by atoms with Crippen LogP contribution in [0.15, 0.2) is 112 Å². The molecule has 5 aromatic rings. The van der Waals surface area contributed by atoms with Gasteiger partial charge in [-0.2, -0.15) is 0 Å². The van der Waals surface area contributed by atoms with E-state index >= 15 is 0 Å². The fourth-order valence-corrected chi connectivity index (χ4v) is 5.70. The van der Waals surface area contributed by atoms with E-state index in [-0.39, 0.29) is 16.5 Å². The Labute approximate surface area is 242 Å². The lowest BCUT2D eigenvalue weighted by Gasteiger charge is -2.44. The van der Waals surface area contributed by atoms with Gasteiger partial charge in [0.15, 0.2) is 6.23 Å². The largest absolute Gasteiger partial charge is 0.465 e. The summed E-state index contributed by atoms with van der Waals surface area (Å²) in [4.78, 5) is 16.0. The van der Waals surface area contributed by atoms with E-state index in [1.165, 1.54) is 11.1 Å². The molecule has 4 heteroatoms. The molecule has 2 atom stereocenters. The van der Waals surface area contributed by atoms with E-state index < -0.39 is 12.3 Å². The fourth-order valence-electron chi connectivity index (χ4n) is 5.70. The highest BCUT2D eigenvalue weighted by molar-refractivity contribution is 5.85. The van der Waals surface area contributed by atoms with Gasteiger partial charge in [0.1, 0.15) is 16.9 Å². The second-order valence-electron chi connectivity index (χ2n) is 13.0. The summed E-state index contributed by atoms with van der Waals surface area (Å²) in [6.45, 7) is 13.3. The first-order valence-corrected chi connectivity index (χ1v) is 14.3. The van der Waals surface area contributed by atoms with Crippen LogP contribution in [0.25, 0.3) is 11.0 Å². The van der Waals surface area contributed by atoms with Gasteiger partial charge in [-0.25, -0.2) is 4.79 Å². The van der Waals surface area contributed by atoms with Gasteiger partial charge >= 0.3 is 5.63 Å². The molecule has 208 valence electrons. The van der Waals surface area contributed by atoms with Gasteiger partial charge in [0.05, 0.1) is 11.4 Å². The maximum absolute atomic E-state index is 13.8. The molecule has 0 saturated heterocycles. The third kappa shape index (κ3) is 4.93. The van der Waals surface area contributed by atoms with Crippen LogP contribution in [0.1, 0.15) is 81.6 Å². The monoisotopic (exact) mass is 543 g/mol. The molecular weight excluding hydrogens is 506 g/mol. The lowest BCUT2D eigenvalue weighted by atomic mass is 9.85. The van der Waals surface area contributed by atoms with Gasteiger partial charge in [0.25, 0.3) is 0 Å². The van der Waals surface area contributed by atoms with E-state index in [0.29, 0.717) is 16.9 Å². The van der Waals surface area contributed by atoms with Gasteiger partial charge in [0.2, 0.25) is 0 Å². The van der Waals surface area contributed by atoms with Crippen LogP contribution in [0, 0.1) is 0 Å². The first-order valence-electron chi connectivity index (χ1n) is 14.3. The maximum Gasteiger partial charge on any atom is 0.345 e. The summed E-state index contributed by atoms with van der Waals surface area (Å²) in [5.41, 5.74) is 6.16. The van der Waals surface area contributed by atoms with Crippen molar-refractivity contribution < 1.29 is 9.15 Å². The Morgan fingerprint density at radius 2 is 1.17 bits per heavy atom. The van der Waals surface area contributed by atoms with Crippen molar-refractivity contribution in [3.05, 3.63) is 141 Å². The molecule has 0 fully saturated rings. The van der Waals surface area contributed by atoms with Crippen LogP contribution in [0.5, 0.6) is 5.75 Å². The van der Waals surface area contributed by atoms with Gasteiger partial charge in [-0.15, -0.1) is 0 Å². The summed E-state index contributed by atoms with van der Waals surface area (Å²) in [5.74, 6) is 0.582. The van der Waals surface area contributed by atoms with E-state index in [2.05, 4.69) is 107 Å². The maximum atomic E-state index is 13.8. The number of anilines is 1. The minimum absolute atomic E-state index is 0.0117. The molecule has 0 amide bonds. The number of fused-ring (bicyclic) bond motifs is 3. The van der Waals surface area contributed by atoms with Crippen LogP contribution in [0.4, 0.5) is 5.69 Å². The van der Waals surface area contributed by atoms with Crippen LogP contribution >= 0.6 is 0 Å². The van der Waals surface area contributed by atoms with E-state index in [1.54, 1.807) is 0 Å². The van der Waals surface area contributed by atoms with Crippen LogP contribution in [0.2, 0.25) is 0 Å². The van der Waals surface area contributed by atoms with Gasteiger partial charge in [0, 0.05) is 11.3 Å². The molecule has 41 heavy (non-hydrogen) atoms. The van der Waals surface area contributed by atoms with Crippen molar-refractivity contribution in [2.24, 2.45) is 0 Å². The Bertz CT molecular complexity index is 1740. The summed E-state index contributed by atoms with van der Waals surface area (Å²) in [6.07, 6.45) is -0.476. The zero-order valence-electron chi connectivity index (χ0n) is 24.6. The molecule has 4 nitrogen and oxygen atoms in total. The van der Waals surface area contributed by atoms with Crippen molar-refractivity contribution in [3.63, 3.8) is 0 Å². The number of para-hydroxylation sites is 2. The molecule has 1 aliphatic rings. The predicted molar refractivity (Wildman–Crippen MR) is 167 cm³/mol.